The van der Waals surface area contributed by atoms with Gasteiger partial charge in [-0.15, -0.1) is 0 Å². The number of aliphatic hydroxyl groups is 1. The van der Waals surface area contributed by atoms with Crippen LogP contribution >= 0.6 is 0 Å². The number of carbonyl (C=O) groups excluding carboxylic acids is 4. The Morgan fingerprint density at radius 2 is 1.85 bits per heavy atom. The van der Waals surface area contributed by atoms with Crippen LogP contribution in [-0.2, 0) is 30.5 Å². The van der Waals surface area contributed by atoms with Crippen molar-refractivity contribution in [2.24, 2.45) is 5.92 Å². The van der Waals surface area contributed by atoms with Crippen LogP contribution in [0.4, 0.5) is 4.79 Å². The van der Waals surface area contributed by atoms with Gasteiger partial charge in [0, 0.05) is 13.0 Å². The van der Waals surface area contributed by atoms with E-state index in [2.05, 4.69) is 10.6 Å². The van der Waals surface area contributed by atoms with E-state index in [0.717, 1.165) is 31.2 Å². The third-order valence-electron chi connectivity index (χ3n) is 7.89. The lowest BCUT2D eigenvalue weighted by Gasteiger charge is -2.33. The van der Waals surface area contributed by atoms with Crippen LogP contribution in [0.1, 0.15) is 63.4 Å². The number of allylic oxidation sites excluding steroid dienone is 1. The van der Waals surface area contributed by atoms with Gasteiger partial charge in [-0.2, -0.15) is 0 Å². The van der Waals surface area contributed by atoms with Crippen LogP contribution in [0.25, 0.3) is 0 Å². The van der Waals surface area contributed by atoms with Crippen LogP contribution in [0, 0.1) is 5.92 Å². The van der Waals surface area contributed by atoms with Crippen molar-refractivity contribution in [3.63, 3.8) is 0 Å². The van der Waals surface area contributed by atoms with E-state index in [4.69, 9.17) is 9.47 Å². The van der Waals surface area contributed by atoms with Gasteiger partial charge in [0.25, 0.3) is 0 Å². The molecule has 39 heavy (non-hydrogen) atoms. The summed E-state index contributed by atoms with van der Waals surface area (Å²) >= 11 is 0. The number of ether oxygens (including phenoxy) is 2. The molecule has 4 rings (SSSR count). The number of carbonyl (C=O) groups is 4. The van der Waals surface area contributed by atoms with Gasteiger partial charge in [-0.3, -0.25) is 9.59 Å². The van der Waals surface area contributed by atoms with E-state index in [-0.39, 0.29) is 50.5 Å². The number of esters is 1. The fraction of sp³-hybridized carbons (Fsp3) is 0.586. The number of cyclic esters (lactones) is 1. The van der Waals surface area contributed by atoms with E-state index in [1.807, 2.05) is 30.3 Å². The Bertz CT molecular complexity index is 1040. The molecular weight excluding hydrogens is 502 g/mol. The molecule has 1 spiro atoms. The Balaban J connectivity index is 1.44. The quantitative estimate of drug-likeness (QED) is 0.372. The molecule has 212 valence electrons. The summed E-state index contributed by atoms with van der Waals surface area (Å²) in [6.45, 7) is 0.572. The molecule has 2 aliphatic heterocycles. The van der Waals surface area contributed by atoms with E-state index in [9.17, 15) is 24.3 Å². The molecule has 0 bridgehead atoms. The first kappa shape index (κ1) is 28.6. The average molecular weight is 542 g/mol. The second-order valence-electron chi connectivity index (χ2n) is 10.8. The predicted molar refractivity (Wildman–Crippen MR) is 142 cm³/mol. The minimum atomic E-state index is -0.951. The van der Waals surface area contributed by atoms with E-state index < -0.39 is 29.6 Å². The largest absolute Gasteiger partial charge is 0.462 e. The van der Waals surface area contributed by atoms with Gasteiger partial charge in [0.05, 0.1) is 24.1 Å². The van der Waals surface area contributed by atoms with Crippen molar-refractivity contribution >= 4 is 23.9 Å². The first-order valence-corrected chi connectivity index (χ1v) is 13.9. The molecule has 1 aromatic carbocycles. The molecule has 3 atom stereocenters. The Morgan fingerprint density at radius 3 is 2.59 bits per heavy atom. The number of likely N-dealkylation sites (tertiary alicyclic amines) is 1. The Kier molecular flexibility index (Phi) is 9.97. The van der Waals surface area contributed by atoms with Crippen molar-refractivity contribution in [2.75, 3.05) is 19.8 Å². The lowest BCUT2D eigenvalue weighted by molar-refractivity contribution is -0.149. The third-order valence-corrected chi connectivity index (χ3v) is 7.89. The molecule has 0 unspecified atom stereocenters. The van der Waals surface area contributed by atoms with Crippen LogP contribution in [-0.4, -0.2) is 71.3 Å². The second-order valence-corrected chi connectivity index (χ2v) is 10.8. The lowest BCUT2D eigenvalue weighted by Crippen LogP contribution is -2.53. The molecule has 1 aliphatic carbocycles. The number of hydrogen-bond donors (Lipinski definition) is 3. The molecule has 1 saturated heterocycles. The van der Waals surface area contributed by atoms with Crippen molar-refractivity contribution < 1.29 is 33.8 Å². The molecule has 1 saturated carbocycles. The summed E-state index contributed by atoms with van der Waals surface area (Å²) in [5.74, 6) is -1.55. The smallest absolute Gasteiger partial charge is 0.408 e. The molecule has 3 amide bonds. The minimum absolute atomic E-state index is 0.00207. The molecule has 10 nitrogen and oxygen atoms in total. The normalized spacial score (nSPS) is 25.4. The maximum Gasteiger partial charge on any atom is 0.408 e. The van der Waals surface area contributed by atoms with Crippen molar-refractivity contribution in [3.8, 4) is 0 Å². The van der Waals surface area contributed by atoms with Gasteiger partial charge in [-0.05, 0) is 44.1 Å². The summed E-state index contributed by atoms with van der Waals surface area (Å²) in [7, 11) is 0. The Hall–Kier alpha value is -3.40. The summed E-state index contributed by atoms with van der Waals surface area (Å²) in [6, 6.07) is 8.09. The van der Waals surface area contributed by atoms with Gasteiger partial charge >= 0.3 is 12.1 Å². The molecule has 2 heterocycles. The molecule has 0 aromatic heterocycles. The molecular formula is C29H39N3O7. The predicted octanol–water partition coefficient (Wildman–Crippen LogP) is 2.59. The van der Waals surface area contributed by atoms with Gasteiger partial charge in [0.2, 0.25) is 11.8 Å². The summed E-state index contributed by atoms with van der Waals surface area (Å²) < 4.78 is 10.9. The van der Waals surface area contributed by atoms with Crippen LogP contribution < -0.4 is 10.6 Å². The molecule has 0 radical (unpaired) electrons. The summed E-state index contributed by atoms with van der Waals surface area (Å²) in [6.07, 6.45) is 7.98. The van der Waals surface area contributed by atoms with E-state index in [1.165, 1.54) is 0 Å². The van der Waals surface area contributed by atoms with E-state index in [1.54, 1.807) is 17.1 Å². The fourth-order valence-electron chi connectivity index (χ4n) is 5.61. The average Bonchev–Trinajstić information content (AvgIpc) is 3.61. The highest BCUT2D eigenvalue weighted by atomic mass is 16.6. The highest BCUT2D eigenvalue weighted by Crippen LogP contribution is 2.31. The zero-order valence-electron chi connectivity index (χ0n) is 22.3. The minimum Gasteiger partial charge on any atom is -0.462 e. The monoisotopic (exact) mass is 541 g/mol. The second kappa shape index (κ2) is 13.6. The fourth-order valence-corrected chi connectivity index (χ4v) is 5.61. The van der Waals surface area contributed by atoms with Gasteiger partial charge in [-0.25, -0.2) is 9.59 Å². The molecule has 10 heteroatoms. The zero-order valence-corrected chi connectivity index (χ0v) is 22.3. The van der Waals surface area contributed by atoms with Crippen LogP contribution in [0.5, 0.6) is 0 Å². The zero-order chi connectivity index (χ0) is 27.7. The van der Waals surface area contributed by atoms with Gasteiger partial charge in [-0.1, -0.05) is 55.3 Å². The van der Waals surface area contributed by atoms with Gasteiger partial charge < -0.3 is 30.1 Å². The van der Waals surface area contributed by atoms with Gasteiger partial charge in [0.1, 0.15) is 19.3 Å². The van der Waals surface area contributed by atoms with Crippen LogP contribution in [0.15, 0.2) is 42.5 Å². The number of benzene rings is 1. The molecule has 3 N–H and O–H groups in total. The Labute approximate surface area is 229 Å². The first-order chi connectivity index (χ1) is 18.9. The van der Waals surface area contributed by atoms with Crippen LogP contribution in [0.2, 0.25) is 0 Å². The number of alkyl carbamates (subject to hydrolysis) is 1. The topological polar surface area (TPSA) is 134 Å². The number of amides is 3. The van der Waals surface area contributed by atoms with E-state index in [0.29, 0.717) is 25.8 Å². The lowest BCUT2D eigenvalue weighted by atomic mass is 9.93. The molecule has 3 aliphatic rings. The maximum atomic E-state index is 13.4. The first-order valence-electron chi connectivity index (χ1n) is 13.9. The number of nitrogens with zero attached hydrogens (tertiary/aromatic N) is 1. The van der Waals surface area contributed by atoms with Crippen molar-refractivity contribution in [1.82, 2.24) is 15.5 Å². The van der Waals surface area contributed by atoms with Crippen molar-refractivity contribution in [2.45, 2.75) is 82.0 Å². The number of nitrogens with one attached hydrogen (secondary N) is 2. The number of rotatable bonds is 6. The summed E-state index contributed by atoms with van der Waals surface area (Å²) in [5, 5.41) is 15.4. The van der Waals surface area contributed by atoms with E-state index >= 15 is 0 Å². The van der Waals surface area contributed by atoms with Crippen molar-refractivity contribution in [3.05, 3.63) is 48.0 Å². The van der Waals surface area contributed by atoms with Gasteiger partial charge in [0.15, 0.2) is 0 Å². The number of aliphatic hydroxyl groups excluding tert-OH is 1. The maximum absolute atomic E-state index is 13.4. The summed E-state index contributed by atoms with van der Waals surface area (Å²) in [4.78, 5) is 53.6. The molecule has 2 fully saturated rings. The highest BCUT2D eigenvalue weighted by molar-refractivity contribution is 5.87. The molecule has 1 aromatic rings. The standard InChI is InChI=1S/C29H39N3O7/c33-18-23-12-8-16-32(23)25(34)17-22-11-4-5-13-24(30-28(37)38-19-21-9-2-1-3-10-21)27(36)39-20-29(31-26(22)35)14-6-7-15-29/h1-5,9-10,22-24,33H,6-8,11-20H2,(H,30,37)(H,31,35)/t22-,23+,24-/m1/s1. The highest BCUT2D eigenvalue weighted by Gasteiger charge is 2.40. The Morgan fingerprint density at radius 1 is 1.10 bits per heavy atom. The van der Waals surface area contributed by atoms with Crippen molar-refractivity contribution in [1.29, 1.82) is 0 Å². The summed E-state index contributed by atoms with van der Waals surface area (Å²) in [5.41, 5.74) is 0.129. The SMILES string of the molecule is O=C(N[C@@H]1CC=CC[C@H](CC(=O)N2CCC[C@H]2CO)C(=O)NC2(CCCC2)COC1=O)OCc1ccccc1. The third kappa shape index (κ3) is 7.81. The van der Waals surface area contributed by atoms with Crippen LogP contribution in [0.3, 0.4) is 0 Å². The number of hydrogen-bond acceptors (Lipinski definition) is 7.